The van der Waals surface area contributed by atoms with Gasteiger partial charge in [-0.05, 0) is 49.9 Å². The molecule has 0 atom stereocenters. The Hall–Kier alpha value is -2.82. The summed E-state index contributed by atoms with van der Waals surface area (Å²) in [6.45, 7) is 5.17. The molecule has 26 heavy (non-hydrogen) atoms. The first-order valence-electron chi connectivity index (χ1n) is 9.02. The molecule has 2 aromatic rings. The van der Waals surface area contributed by atoms with Crippen molar-refractivity contribution in [2.45, 2.75) is 26.7 Å². The Morgan fingerprint density at radius 2 is 1.50 bits per heavy atom. The van der Waals surface area contributed by atoms with Crippen LogP contribution in [0, 0.1) is 19.8 Å². The Morgan fingerprint density at radius 1 is 0.885 bits per heavy atom. The zero-order valence-corrected chi connectivity index (χ0v) is 15.3. The fourth-order valence-electron chi connectivity index (χ4n) is 3.31. The molecule has 0 unspecified atom stereocenters. The zero-order valence-electron chi connectivity index (χ0n) is 15.3. The van der Waals surface area contributed by atoms with Crippen LogP contribution in [0.4, 0.5) is 16.2 Å². The predicted octanol–water partition coefficient (Wildman–Crippen LogP) is 4.19. The number of hydrogen-bond acceptors (Lipinski definition) is 2. The minimum atomic E-state index is -0.107. The van der Waals surface area contributed by atoms with Gasteiger partial charge in [-0.3, -0.25) is 4.79 Å². The van der Waals surface area contributed by atoms with Crippen molar-refractivity contribution in [2.24, 2.45) is 5.92 Å². The van der Waals surface area contributed by atoms with E-state index in [0.29, 0.717) is 25.9 Å². The first kappa shape index (κ1) is 18.0. The van der Waals surface area contributed by atoms with Crippen molar-refractivity contribution in [3.63, 3.8) is 0 Å². The number of carbonyl (C=O) groups excluding carboxylic acids is 2. The number of nitrogens with zero attached hydrogens (tertiary/aromatic N) is 1. The minimum absolute atomic E-state index is 0.0468. The fraction of sp³-hybridized carbons (Fsp3) is 0.333. The van der Waals surface area contributed by atoms with Gasteiger partial charge in [0.15, 0.2) is 0 Å². The standard InChI is InChI=1S/C21H25N3O2/c1-15-7-6-8-16(2)19(15)23-20(25)17-11-13-24(14-12-17)21(26)22-18-9-4-3-5-10-18/h3-10,17H,11-14H2,1-2H3,(H,22,26)(H,23,25). The third-order valence-electron chi connectivity index (χ3n) is 4.91. The lowest BCUT2D eigenvalue weighted by molar-refractivity contribution is -0.121. The Balaban J connectivity index is 1.53. The second-order valence-electron chi connectivity index (χ2n) is 6.81. The molecule has 3 rings (SSSR count). The van der Waals surface area contributed by atoms with Gasteiger partial charge < -0.3 is 15.5 Å². The van der Waals surface area contributed by atoms with Gasteiger partial charge in [-0.25, -0.2) is 4.79 Å². The maximum absolute atomic E-state index is 12.6. The van der Waals surface area contributed by atoms with E-state index in [1.807, 2.05) is 62.4 Å². The molecule has 1 fully saturated rings. The predicted molar refractivity (Wildman–Crippen MR) is 104 cm³/mol. The molecule has 2 N–H and O–H groups in total. The molecule has 0 bridgehead atoms. The van der Waals surface area contributed by atoms with Gasteiger partial charge in [0.1, 0.15) is 0 Å². The van der Waals surface area contributed by atoms with Gasteiger partial charge in [-0.15, -0.1) is 0 Å². The van der Waals surface area contributed by atoms with Crippen LogP contribution in [0.25, 0.3) is 0 Å². The van der Waals surface area contributed by atoms with Gasteiger partial charge in [-0.2, -0.15) is 0 Å². The van der Waals surface area contributed by atoms with E-state index in [0.717, 1.165) is 22.5 Å². The molecule has 1 heterocycles. The average Bonchev–Trinajstić information content (AvgIpc) is 2.65. The maximum atomic E-state index is 12.6. The Bertz CT molecular complexity index is 761. The largest absolute Gasteiger partial charge is 0.325 e. The molecular formula is C21H25N3O2. The van der Waals surface area contributed by atoms with Crippen molar-refractivity contribution in [1.29, 1.82) is 0 Å². The minimum Gasteiger partial charge on any atom is -0.325 e. The summed E-state index contributed by atoms with van der Waals surface area (Å²) in [5.41, 5.74) is 3.82. The Labute approximate surface area is 154 Å². The lowest BCUT2D eigenvalue weighted by Gasteiger charge is -2.31. The fourth-order valence-corrected chi connectivity index (χ4v) is 3.31. The molecule has 2 aromatic carbocycles. The number of carbonyl (C=O) groups is 2. The number of piperidine rings is 1. The lowest BCUT2D eigenvalue weighted by Crippen LogP contribution is -2.43. The van der Waals surface area contributed by atoms with E-state index >= 15 is 0 Å². The first-order valence-corrected chi connectivity index (χ1v) is 9.02. The highest BCUT2D eigenvalue weighted by Gasteiger charge is 2.27. The summed E-state index contributed by atoms with van der Waals surface area (Å²) in [6, 6.07) is 15.3. The summed E-state index contributed by atoms with van der Waals surface area (Å²) >= 11 is 0. The Kier molecular flexibility index (Phi) is 5.56. The number of anilines is 2. The van der Waals surface area contributed by atoms with Crippen LogP contribution in [0.15, 0.2) is 48.5 Å². The van der Waals surface area contributed by atoms with E-state index in [4.69, 9.17) is 0 Å². The van der Waals surface area contributed by atoms with E-state index in [9.17, 15) is 9.59 Å². The summed E-state index contributed by atoms with van der Waals surface area (Å²) in [4.78, 5) is 26.7. The van der Waals surface area contributed by atoms with Gasteiger partial charge in [0.25, 0.3) is 0 Å². The van der Waals surface area contributed by atoms with Gasteiger partial charge in [-0.1, -0.05) is 36.4 Å². The summed E-state index contributed by atoms with van der Waals surface area (Å²) in [6.07, 6.45) is 1.36. The zero-order chi connectivity index (χ0) is 18.5. The SMILES string of the molecule is Cc1cccc(C)c1NC(=O)C1CCN(C(=O)Nc2ccccc2)CC1. The van der Waals surface area contributed by atoms with Crippen LogP contribution in [-0.4, -0.2) is 29.9 Å². The normalized spacial score (nSPS) is 14.8. The van der Waals surface area contributed by atoms with Crippen LogP contribution in [0.1, 0.15) is 24.0 Å². The van der Waals surface area contributed by atoms with E-state index in [1.54, 1.807) is 4.90 Å². The molecule has 0 saturated carbocycles. The van der Waals surface area contributed by atoms with Crippen LogP contribution < -0.4 is 10.6 Å². The average molecular weight is 351 g/mol. The molecule has 0 aromatic heterocycles. The van der Waals surface area contributed by atoms with Crippen LogP contribution in [-0.2, 0) is 4.79 Å². The van der Waals surface area contributed by atoms with Gasteiger partial charge in [0.2, 0.25) is 5.91 Å². The van der Waals surface area contributed by atoms with Crippen molar-refractivity contribution < 1.29 is 9.59 Å². The molecule has 0 spiro atoms. The first-order chi connectivity index (χ1) is 12.5. The van der Waals surface area contributed by atoms with Gasteiger partial charge in [0, 0.05) is 30.4 Å². The third kappa shape index (κ3) is 4.23. The summed E-state index contributed by atoms with van der Waals surface area (Å²) in [5, 5.41) is 5.97. The van der Waals surface area contributed by atoms with E-state index < -0.39 is 0 Å². The van der Waals surface area contributed by atoms with Crippen molar-refractivity contribution in [2.75, 3.05) is 23.7 Å². The number of urea groups is 1. The van der Waals surface area contributed by atoms with Crippen LogP contribution in [0.3, 0.4) is 0 Å². The van der Waals surface area contributed by atoms with Crippen LogP contribution >= 0.6 is 0 Å². The number of amides is 3. The van der Waals surface area contributed by atoms with Crippen LogP contribution in [0.2, 0.25) is 0 Å². The van der Waals surface area contributed by atoms with E-state index in [2.05, 4.69) is 10.6 Å². The topological polar surface area (TPSA) is 61.4 Å². The molecular weight excluding hydrogens is 326 g/mol. The molecule has 3 amide bonds. The van der Waals surface area contributed by atoms with Crippen molar-refractivity contribution in [3.05, 3.63) is 59.7 Å². The van der Waals surface area contributed by atoms with Crippen molar-refractivity contribution >= 4 is 23.3 Å². The molecule has 1 aliphatic heterocycles. The smallest absolute Gasteiger partial charge is 0.321 e. The number of hydrogen-bond donors (Lipinski definition) is 2. The second-order valence-corrected chi connectivity index (χ2v) is 6.81. The second kappa shape index (κ2) is 8.04. The number of likely N-dealkylation sites (tertiary alicyclic amines) is 1. The number of rotatable bonds is 3. The molecule has 1 saturated heterocycles. The van der Waals surface area contributed by atoms with Crippen molar-refractivity contribution in [3.8, 4) is 0 Å². The number of para-hydroxylation sites is 2. The number of aryl methyl sites for hydroxylation is 2. The quantitative estimate of drug-likeness (QED) is 0.871. The molecule has 0 radical (unpaired) electrons. The molecule has 5 heteroatoms. The summed E-state index contributed by atoms with van der Waals surface area (Å²) in [7, 11) is 0. The van der Waals surface area contributed by atoms with Gasteiger partial charge in [0.05, 0.1) is 0 Å². The molecule has 5 nitrogen and oxygen atoms in total. The summed E-state index contributed by atoms with van der Waals surface area (Å²) < 4.78 is 0. The third-order valence-corrected chi connectivity index (χ3v) is 4.91. The lowest BCUT2D eigenvalue weighted by atomic mass is 9.95. The maximum Gasteiger partial charge on any atom is 0.321 e. The highest BCUT2D eigenvalue weighted by Crippen LogP contribution is 2.24. The van der Waals surface area contributed by atoms with Crippen LogP contribution in [0.5, 0.6) is 0 Å². The summed E-state index contributed by atoms with van der Waals surface area (Å²) in [5.74, 6) is -0.0136. The number of benzene rings is 2. The molecule has 136 valence electrons. The van der Waals surface area contributed by atoms with Crippen molar-refractivity contribution in [1.82, 2.24) is 4.90 Å². The number of nitrogens with one attached hydrogen (secondary N) is 2. The van der Waals surface area contributed by atoms with E-state index in [1.165, 1.54) is 0 Å². The van der Waals surface area contributed by atoms with Gasteiger partial charge >= 0.3 is 6.03 Å². The highest BCUT2D eigenvalue weighted by atomic mass is 16.2. The van der Waals surface area contributed by atoms with E-state index in [-0.39, 0.29) is 17.9 Å². The highest BCUT2D eigenvalue weighted by molar-refractivity contribution is 5.94. The Morgan fingerprint density at radius 3 is 2.12 bits per heavy atom. The molecule has 1 aliphatic rings. The monoisotopic (exact) mass is 351 g/mol. The molecule has 0 aliphatic carbocycles.